The number of rotatable bonds is 13. The lowest BCUT2D eigenvalue weighted by Gasteiger charge is -2.40. The van der Waals surface area contributed by atoms with Gasteiger partial charge in [0.2, 0.25) is 10.8 Å². The molecule has 1 aliphatic carbocycles. The first kappa shape index (κ1) is 31.3. The third kappa shape index (κ3) is 5.62. The van der Waals surface area contributed by atoms with Crippen LogP contribution in [0.15, 0.2) is 10.5 Å². The number of amides is 3. The second-order valence-corrected chi connectivity index (χ2v) is 13.5. The number of thiazole rings is 1. The summed E-state index contributed by atoms with van der Waals surface area (Å²) in [5, 5.41) is 6.37. The van der Waals surface area contributed by atoms with Crippen LogP contribution in [0, 0.1) is 5.92 Å². The second-order valence-electron chi connectivity index (χ2n) is 11.2. The topological polar surface area (TPSA) is 191 Å². The van der Waals surface area contributed by atoms with Gasteiger partial charge in [0, 0.05) is 24.8 Å². The van der Waals surface area contributed by atoms with Crippen LogP contribution in [0.1, 0.15) is 70.4 Å². The number of oxime groups is 1. The van der Waals surface area contributed by atoms with E-state index in [4.69, 9.17) is 24.5 Å². The fourth-order valence-corrected chi connectivity index (χ4v) is 8.40. The van der Waals surface area contributed by atoms with Gasteiger partial charge in [0.25, 0.3) is 0 Å². The summed E-state index contributed by atoms with van der Waals surface area (Å²) in [6.07, 6.45) is 5.39. The number of β-lactam (4-membered cyclic amide) rings is 1. The normalized spacial score (nSPS) is 26.5. The van der Waals surface area contributed by atoms with Crippen LogP contribution in [-0.2, 0) is 28.7 Å². The Morgan fingerprint density at radius 2 is 1.95 bits per heavy atom. The molecular weight excluding hydrogens is 597 g/mol. The van der Waals surface area contributed by atoms with E-state index >= 15 is 0 Å². The molecule has 0 aromatic carbocycles. The maximum Gasteiger partial charge on any atom is 0.378 e. The fourth-order valence-electron chi connectivity index (χ4n) is 6.12. The Morgan fingerprint density at radius 1 is 1.21 bits per heavy atom. The number of nitrogen functional groups attached to an aromatic ring is 1. The number of unbranched alkanes of at least 4 members (excludes halogenated alkanes) is 2. The molecule has 3 saturated heterocycles. The van der Waals surface area contributed by atoms with Crippen LogP contribution >= 0.6 is 23.1 Å². The Kier molecular flexibility index (Phi) is 9.04. The number of fused-ring (bicyclic) bond motifs is 1. The highest BCUT2D eigenvalue weighted by molar-refractivity contribution is 8.02. The number of urea groups is 1. The van der Waals surface area contributed by atoms with Gasteiger partial charge in [-0.15, -0.1) is 11.3 Å². The van der Waals surface area contributed by atoms with Crippen LogP contribution in [-0.4, -0.2) is 98.5 Å². The average Bonchev–Trinajstić information content (AvgIpc) is 3.79. The number of Topliss-reactive ketones (excluding diaryl/α,β-unsaturated/α-hetero) is 2. The zero-order valence-electron chi connectivity index (χ0n) is 23.9. The van der Waals surface area contributed by atoms with Gasteiger partial charge >= 0.3 is 20.0 Å². The van der Waals surface area contributed by atoms with Crippen molar-refractivity contribution in [3.8, 4) is 0 Å². The maximum atomic E-state index is 13.7. The van der Waals surface area contributed by atoms with Crippen LogP contribution in [0.25, 0.3) is 0 Å². The van der Waals surface area contributed by atoms with Crippen molar-refractivity contribution in [3.63, 3.8) is 0 Å². The van der Waals surface area contributed by atoms with Gasteiger partial charge in [0.1, 0.15) is 5.69 Å². The van der Waals surface area contributed by atoms with Gasteiger partial charge in [-0.1, -0.05) is 36.7 Å². The summed E-state index contributed by atoms with van der Waals surface area (Å²) in [5.41, 5.74) is 4.80. The second kappa shape index (κ2) is 12.4. The molecule has 17 heteroatoms. The highest BCUT2D eigenvalue weighted by Crippen LogP contribution is 2.53. The molecule has 1 aromatic rings. The minimum atomic E-state index is -1.60. The first-order chi connectivity index (χ1) is 20.6. The average molecular weight is 632 g/mol. The minimum Gasteiger partial charge on any atom is -0.541 e. The SMILES string of the molecule is [B]OC(=O)[C@@]1(N2CCN(N)C2=O)CN2C(=O)[C@@H](CC(=O)/C(=N\OC3(C(=O)CCCCC)CCCC3)c3csc(N)n3)[C@H]2S1. The molecule has 1 saturated carbocycles. The monoisotopic (exact) mass is 631 g/mol. The molecule has 1 aromatic heterocycles. The highest BCUT2D eigenvalue weighted by Gasteiger charge is 2.66. The van der Waals surface area contributed by atoms with Gasteiger partial charge in [-0.3, -0.25) is 29.1 Å². The van der Waals surface area contributed by atoms with Crippen molar-refractivity contribution in [1.82, 2.24) is 19.8 Å². The first-order valence-corrected chi connectivity index (χ1v) is 16.1. The molecule has 3 atom stereocenters. The molecule has 3 amide bonds. The van der Waals surface area contributed by atoms with Gasteiger partial charge in [0.05, 0.1) is 24.4 Å². The molecule has 230 valence electrons. The third-order valence-electron chi connectivity index (χ3n) is 8.53. The van der Waals surface area contributed by atoms with Crippen LogP contribution in [0.2, 0.25) is 0 Å². The largest absolute Gasteiger partial charge is 0.541 e. The fraction of sp³-hybridized carbons (Fsp3) is 0.654. The number of anilines is 1. The molecule has 4 heterocycles. The lowest BCUT2D eigenvalue weighted by molar-refractivity contribution is -0.153. The number of aromatic nitrogens is 1. The number of carbonyl (C=O) groups is 5. The van der Waals surface area contributed by atoms with Crippen molar-refractivity contribution >= 4 is 71.5 Å². The number of ketones is 2. The molecule has 0 unspecified atom stereocenters. The van der Waals surface area contributed by atoms with E-state index in [1.54, 1.807) is 5.38 Å². The molecule has 2 radical (unpaired) electrons. The number of hydrogen-bond acceptors (Lipinski definition) is 13. The molecule has 43 heavy (non-hydrogen) atoms. The minimum absolute atomic E-state index is 0.0328. The van der Waals surface area contributed by atoms with Crippen LogP contribution < -0.4 is 11.6 Å². The van der Waals surface area contributed by atoms with Crippen LogP contribution in [0.3, 0.4) is 0 Å². The lowest BCUT2D eigenvalue weighted by atomic mass is 9.90. The van der Waals surface area contributed by atoms with Gasteiger partial charge in [-0.2, -0.15) is 0 Å². The summed E-state index contributed by atoms with van der Waals surface area (Å²) in [6.45, 7) is 2.22. The molecule has 4 N–H and O–H groups in total. The predicted molar refractivity (Wildman–Crippen MR) is 158 cm³/mol. The third-order valence-corrected chi connectivity index (χ3v) is 10.9. The summed E-state index contributed by atoms with van der Waals surface area (Å²) in [6, 6.07) is -0.599. The quantitative estimate of drug-likeness (QED) is 0.0607. The molecule has 3 aliphatic heterocycles. The van der Waals surface area contributed by atoms with E-state index in [0.717, 1.165) is 60.2 Å². The summed E-state index contributed by atoms with van der Waals surface area (Å²) >= 11 is 2.15. The number of nitrogens with two attached hydrogens (primary N) is 2. The number of thioether (sulfide) groups is 1. The standard InChI is InChI=1S/C26H34BN7O7S2/c1-2-3-4-7-18(36)25(8-5-6-9-25)41-31-19(16-13-42-23(28)30-16)17(35)12-15-20(37)32-14-26(22(38)40-27,43-21(15)32)33-10-11-34(29)24(33)39/h13,15,21H,2-12,14,29H2,1H3,(H2,28,30)/b31-19-/t15-,21-,26-/m1/s1. The van der Waals surface area contributed by atoms with Gasteiger partial charge < -0.3 is 20.1 Å². The highest BCUT2D eigenvalue weighted by atomic mass is 32.2. The summed E-state index contributed by atoms with van der Waals surface area (Å²) in [4.78, 5) is 77.0. The maximum absolute atomic E-state index is 13.7. The van der Waals surface area contributed by atoms with Gasteiger partial charge in [-0.05, 0) is 32.1 Å². The number of hydrazine groups is 1. The smallest absolute Gasteiger partial charge is 0.378 e. The molecule has 5 rings (SSSR count). The zero-order valence-corrected chi connectivity index (χ0v) is 25.5. The van der Waals surface area contributed by atoms with Crippen molar-refractivity contribution in [3.05, 3.63) is 11.1 Å². The van der Waals surface area contributed by atoms with Crippen molar-refractivity contribution in [2.24, 2.45) is 16.9 Å². The number of hydrogen-bond donors (Lipinski definition) is 2. The predicted octanol–water partition coefficient (Wildman–Crippen LogP) is 1.33. The van der Waals surface area contributed by atoms with E-state index in [-0.39, 0.29) is 54.3 Å². The summed E-state index contributed by atoms with van der Waals surface area (Å²) in [7, 11) is 5.23. The van der Waals surface area contributed by atoms with Crippen molar-refractivity contribution in [1.29, 1.82) is 0 Å². The lowest BCUT2D eigenvalue weighted by Crippen LogP contribution is -2.60. The van der Waals surface area contributed by atoms with Crippen molar-refractivity contribution in [2.75, 3.05) is 25.4 Å². The Hall–Kier alpha value is -3.18. The van der Waals surface area contributed by atoms with E-state index in [9.17, 15) is 24.0 Å². The Balaban J connectivity index is 1.36. The van der Waals surface area contributed by atoms with Crippen molar-refractivity contribution in [2.45, 2.75) is 80.6 Å². The molecule has 4 fully saturated rings. The molecule has 4 aliphatic rings. The first-order valence-electron chi connectivity index (χ1n) is 14.3. The van der Waals surface area contributed by atoms with E-state index in [1.807, 2.05) is 0 Å². The van der Waals surface area contributed by atoms with Crippen molar-refractivity contribution < 1.29 is 33.5 Å². The Labute approximate surface area is 258 Å². The Bertz CT molecular complexity index is 1340. The van der Waals surface area contributed by atoms with E-state index in [0.29, 0.717) is 19.3 Å². The van der Waals surface area contributed by atoms with Gasteiger partial charge in [-0.25, -0.2) is 15.6 Å². The number of nitrogens with zero attached hydrogens (tertiary/aromatic N) is 5. The van der Waals surface area contributed by atoms with E-state index in [1.165, 1.54) is 9.80 Å². The molecular formula is C26H34BN7O7S2. The summed E-state index contributed by atoms with van der Waals surface area (Å²) < 4.78 is 4.55. The van der Waals surface area contributed by atoms with Gasteiger partial charge in [0.15, 0.2) is 28.0 Å². The Morgan fingerprint density at radius 3 is 2.56 bits per heavy atom. The molecule has 0 bridgehead atoms. The van der Waals surface area contributed by atoms with E-state index in [2.05, 4.69) is 21.7 Å². The molecule has 0 spiro atoms. The molecule has 14 nitrogen and oxygen atoms in total. The van der Waals surface area contributed by atoms with E-state index < -0.39 is 39.5 Å². The van der Waals surface area contributed by atoms with Crippen LogP contribution in [0.4, 0.5) is 9.93 Å². The number of carbonyl (C=O) groups excluding carboxylic acids is 5. The summed E-state index contributed by atoms with van der Waals surface area (Å²) in [5.74, 6) is 3.08. The van der Waals surface area contributed by atoms with Crippen LogP contribution in [0.5, 0.6) is 0 Å². The zero-order chi connectivity index (χ0) is 30.9.